The Labute approximate surface area is 155 Å². The van der Waals surface area contributed by atoms with E-state index in [2.05, 4.69) is 12.1 Å². The average Bonchev–Trinajstić information content (AvgIpc) is 2.56. The second-order valence-corrected chi connectivity index (χ2v) is 6.64. The Morgan fingerprint density at radius 3 is 2.46 bits per heavy atom. The lowest BCUT2D eigenvalue weighted by Gasteiger charge is -2.21. The van der Waals surface area contributed by atoms with E-state index in [1.165, 1.54) is 44.1 Å². The van der Waals surface area contributed by atoms with Crippen LogP contribution in [0, 0.1) is 5.92 Å². The van der Waals surface area contributed by atoms with Gasteiger partial charge in [-0.1, -0.05) is 44.2 Å². The number of carbonyl (C=O) groups is 1. The number of rotatable bonds is 9. The molecule has 2 rings (SSSR count). The van der Waals surface area contributed by atoms with E-state index < -0.39 is 12.0 Å². The first-order chi connectivity index (χ1) is 11.1. The minimum absolute atomic E-state index is 0. The molecule has 0 heterocycles. The third kappa shape index (κ3) is 7.67. The Kier molecular flexibility index (Phi) is 10.0. The summed E-state index contributed by atoms with van der Waals surface area (Å²) in [6.45, 7) is 0.605. The summed E-state index contributed by atoms with van der Waals surface area (Å²) in [6, 6.07) is 7.67. The van der Waals surface area contributed by atoms with Crippen LogP contribution in [-0.2, 0) is 11.2 Å². The van der Waals surface area contributed by atoms with Gasteiger partial charge in [0, 0.05) is 0 Å². The minimum Gasteiger partial charge on any atom is -0.494 e. The van der Waals surface area contributed by atoms with Crippen LogP contribution in [0.2, 0.25) is 0 Å². The quantitative estimate of drug-likeness (QED) is 0.605. The van der Waals surface area contributed by atoms with Crippen molar-refractivity contribution in [2.24, 2.45) is 11.7 Å². The second kappa shape index (κ2) is 11.5. The number of unbranched alkanes of at least 4 members (excludes halogenated alkanes) is 1. The maximum atomic E-state index is 10.6. The number of carboxylic acids is 1. The maximum absolute atomic E-state index is 10.6. The van der Waals surface area contributed by atoms with Crippen molar-refractivity contribution in [2.75, 3.05) is 6.61 Å². The van der Waals surface area contributed by atoms with Gasteiger partial charge in [-0.3, -0.25) is 4.79 Å². The van der Waals surface area contributed by atoms with Gasteiger partial charge in [-0.05, 0) is 49.3 Å². The molecule has 3 N–H and O–H groups in total. The molecule has 1 unspecified atom stereocenters. The molecule has 0 bridgehead atoms. The van der Waals surface area contributed by atoms with Gasteiger partial charge in [0.25, 0.3) is 0 Å². The Morgan fingerprint density at radius 2 is 1.83 bits per heavy atom. The smallest absolute Gasteiger partial charge is 0.320 e. The van der Waals surface area contributed by atoms with Gasteiger partial charge in [0.1, 0.15) is 11.8 Å². The molecule has 0 saturated heterocycles. The molecule has 0 amide bonds. The zero-order valence-electron chi connectivity index (χ0n) is 14.3. The monoisotopic (exact) mass is 399 g/mol. The molecule has 0 aromatic heterocycles. The van der Waals surface area contributed by atoms with Gasteiger partial charge in [-0.15, -0.1) is 17.0 Å². The molecule has 0 radical (unpaired) electrons. The molecule has 1 atom stereocenters. The minimum atomic E-state index is -0.931. The van der Waals surface area contributed by atoms with Crippen LogP contribution >= 0.6 is 17.0 Å². The molecule has 1 fully saturated rings. The second-order valence-electron chi connectivity index (χ2n) is 6.64. The van der Waals surface area contributed by atoms with E-state index in [-0.39, 0.29) is 17.0 Å². The van der Waals surface area contributed by atoms with E-state index in [0.29, 0.717) is 13.0 Å². The van der Waals surface area contributed by atoms with Crippen LogP contribution in [0.15, 0.2) is 24.3 Å². The zero-order chi connectivity index (χ0) is 16.5. The van der Waals surface area contributed by atoms with E-state index in [4.69, 9.17) is 15.6 Å². The van der Waals surface area contributed by atoms with Crippen LogP contribution in [0.4, 0.5) is 0 Å². The van der Waals surface area contributed by atoms with Crippen LogP contribution < -0.4 is 10.5 Å². The fraction of sp³-hybridized carbons (Fsp3) is 0.632. The van der Waals surface area contributed by atoms with Crippen molar-refractivity contribution in [3.05, 3.63) is 29.8 Å². The first-order valence-electron chi connectivity index (χ1n) is 8.85. The van der Waals surface area contributed by atoms with Gasteiger partial charge < -0.3 is 15.6 Å². The highest BCUT2D eigenvalue weighted by Crippen LogP contribution is 2.27. The van der Waals surface area contributed by atoms with Crippen LogP contribution in [0.5, 0.6) is 5.75 Å². The molecular weight excluding hydrogens is 370 g/mol. The zero-order valence-corrected chi connectivity index (χ0v) is 16.0. The normalized spacial score (nSPS) is 16.2. The number of ether oxygens (including phenoxy) is 1. The lowest BCUT2D eigenvalue weighted by atomic mass is 9.85. The third-order valence-electron chi connectivity index (χ3n) is 4.67. The third-order valence-corrected chi connectivity index (χ3v) is 4.67. The van der Waals surface area contributed by atoms with Crippen LogP contribution in [0.1, 0.15) is 56.9 Å². The number of aliphatic carboxylic acids is 1. The predicted molar refractivity (Wildman–Crippen MR) is 102 cm³/mol. The Morgan fingerprint density at radius 1 is 1.17 bits per heavy atom. The van der Waals surface area contributed by atoms with Crippen molar-refractivity contribution in [3.63, 3.8) is 0 Å². The Bertz CT molecular complexity index is 472. The fourth-order valence-electron chi connectivity index (χ4n) is 3.23. The highest BCUT2D eigenvalue weighted by molar-refractivity contribution is 8.93. The molecule has 1 aliphatic rings. The SMILES string of the molecule is Br.NC(CCCCOc1ccc(CC2CCCCC2)cc1)C(=O)O. The number of hydrogen-bond donors (Lipinski definition) is 2. The van der Waals surface area contributed by atoms with Crippen LogP contribution in [0.3, 0.4) is 0 Å². The van der Waals surface area contributed by atoms with E-state index >= 15 is 0 Å². The lowest BCUT2D eigenvalue weighted by molar-refractivity contribution is -0.138. The van der Waals surface area contributed by atoms with Crippen LogP contribution in [0.25, 0.3) is 0 Å². The number of benzene rings is 1. The predicted octanol–water partition coefficient (Wildman–Crippen LogP) is 4.35. The molecule has 0 aliphatic heterocycles. The summed E-state index contributed by atoms with van der Waals surface area (Å²) >= 11 is 0. The molecule has 4 nitrogen and oxygen atoms in total. The van der Waals surface area contributed by atoms with Crippen molar-refractivity contribution in [2.45, 2.75) is 63.8 Å². The van der Waals surface area contributed by atoms with Crippen molar-refractivity contribution < 1.29 is 14.6 Å². The molecule has 24 heavy (non-hydrogen) atoms. The lowest BCUT2D eigenvalue weighted by Crippen LogP contribution is -2.29. The Balaban J connectivity index is 0.00000288. The van der Waals surface area contributed by atoms with Gasteiger partial charge in [0.05, 0.1) is 6.61 Å². The van der Waals surface area contributed by atoms with Crippen molar-refractivity contribution in [1.82, 2.24) is 0 Å². The molecule has 1 aromatic rings. The molecule has 0 spiro atoms. The highest BCUT2D eigenvalue weighted by atomic mass is 79.9. The van der Waals surface area contributed by atoms with Crippen molar-refractivity contribution in [1.29, 1.82) is 0 Å². The molecule has 5 heteroatoms. The van der Waals surface area contributed by atoms with E-state index in [1.54, 1.807) is 0 Å². The average molecular weight is 400 g/mol. The summed E-state index contributed by atoms with van der Waals surface area (Å²) in [6.07, 6.45) is 10.2. The highest BCUT2D eigenvalue weighted by Gasteiger charge is 2.13. The fourth-order valence-corrected chi connectivity index (χ4v) is 3.23. The first kappa shape index (κ1) is 21.0. The van der Waals surface area contributed by atoms with Crippen molar-refractivity contribution in [3.8, 4) is 5.75 Å². The maximum Gasteiger partial charge on any atom is 0.320 e. The van der Waals surface area contributed by atoms with Gasteiger partial charge in [-0.2, -0.15) is 0 Å². The topological polar surface area (TPSA) is 72.5 Å². The van der Waals surface area contributed by atoms with E-state index in [0.717, 1.165) is 24.5 Å². The van der Waals surface area contributed by atoms with E-state index in [1.807, 2.05) is 12.1 Å². The molecular formula is C19H30BrNO3. The Hall–Kier alpha value is -1.07. The largest absolute Gasteiger partial charge is 0.494 e. The van der Waals surface area contributed by atoms with Gasteiger partial charge in [-0.25, -0.2) is 0 Å². The number of halogens is 1. The summed E-state index contributed by atoms with van der Waals surface area (Å²) in [5.74, 6) is 0.813. The molecule has 1 aliphatic carbocycles. The first-order valence-corrected chi connectivity index (χ1v) is 8.85. The summed E-state index contributed by atoms with van der Waals surface area (Å²) in [5.41, 5.74) is 6.86. The number of carboxylic acid groups (broad SMARTS) is 1. The van der Waals surface area contributed by atoms with Gasteiger partial charge in [0.2, 0.25) is 0 Å². The summed E-state index contributed by atoms with van der Waals surface area (Å²) in [5, 5.41) is 8.70. The molecule has 1 saturated carbocycles. The number of nitrogens with two attached hydrogens (primary N) is 1. The summed E-state index contributed by atoms with van der Waals surface area (Å²) < 4.78 is 5.71. The number of hydrogen-bond acceptors (Lipinski definition) is 3. The van der Waals surface area contributed by atoms with Crippen LogP contribution in [-0.4, -0.2) is 23.7 Å². The van der Waals surface area contributed by atoms with Crippen molar-refractivity contribution >= 4 is 23.0 Å². The van der Waals surface area contributed by atoms with Gasteiger partial charge in [0.15, 0.2) is 0 Å². The molecule has 136 valence electrons. The standard InChI is InChI=1S/C19H29NO3.BrH/c20-18(19(21)22)8-4-5-13-23-17-11-9-16(10-12-17)14-15-6-2-1-3-7-15;/h9-12,15,18H,1-8,13-14,20H2,(H,21,22);1H. The van der Waals surface area contributed by atoms with Gasteiger partial charge >= 0.3 is 5.97 Å². The molecule has 1 aromatic carbocycles. The van der Waals surface area contributed by atoms with E-state index in [9.17, 15) is 4.79 Å². The summed E-state index contributed by atoms with van der Waals surface area (Å²) in [7, 11) is 0. The summed E-state index contributed by atoms with van der Waals surface area (Å²) in [4.78, 5) is 10.6.